The van der Waals surface area contributed by atoms with E-state index in [9.17, 15) is 9.59 Å². The van der Waals surface area contributed by atoms with Gasteiger partial charge in [0.15, 0.2) is 5.13 Å². The number of nitrogens with zero attached hydrogens (tertiary/aromatic N) is 3. The molecule has 180 valence electrons. The quantitative estimate of drug-likeness (QED) is 0.513. The minimum atomic E-state index is -0.931. The van der Waals surface area contributed by atoms with E-state index >= 15 is 0 Å². The van der Waals surface area contributed by atoms with E-state index < -0.39 is 23.6 Å². The fourth-order valence-corrected chi connectivity index (χ4v) is 3.88. The van der Waals surface area contributed by atoms with Crippen LogP contribution in [0.3, 0.4) is 0 Å². The van der Waals surface area contributed by atoms with E-state index in [1.165, 1.54) is 18.4 Å². The molecule has 0 saturated carbocycles. The summed E-state index contributed by atoms with van der Waals surface area (Å²) >= 11 is 1.29. The molecule has 1 aromatic carbocycles. The van der Waals surface area contributed by atoms with Crippen molar-refractivity contribution < 1.29 is 19.1 Å². The van der Waals surface area contributed by atoms with E-state index in [1.54, 1.807) is 20.8 Å². The second kappa shape index (κ2) is 10.7. The summed E-state index contributed by atoms with van der Waals surface area (Å²) in [4.78, 5) is 38.2. The average Bonchev–Trinajstić information content (AvgIpc) is 3.20. The third-order valence-electron chi connectivity index (χ3n) is 4.50. The molecule has 0 radical (unpaired) electrons. The molecular formula is C24H29N5O4S. The molecule has 2 amide bonds. The Morgan fingerprint density at radius 2 is 1.76 bits per heavy atom. The number of carbonyl (C=O) groups excluding carboxylic acids is 2. The van der Waals surface area contributed by atoms with Gasteiger partial charge in [0.1, 0.15) is 17.5 Å². The van der Waals surface area contributed by atoms with Crippen LogP contribution in [-0.2, 0) is 14.3 Å². The second-order valence-electron chi connectivity index (χ2n) is 8.70. The van der Waals surface area contributed by atoms with Gasteiger partial charge < -0.3 is 20.1 Å². The van der Waals surface area contributed by atoms with Crippen molar-refractivity contribution in [1.82, 2.24) is 20.3 Å². The van der Waals surface area contributed by atoms with Crippen molar-refractivity contribution in [1.29, 1.82) is 0 Å². The number of thiazole rings is 1. The molecule has 0 saturated heterocycles. The molecule has 1 atom stereocenters. The minimum Gasteiger partial charge on any atom is -0.444 e. The molecule has 3 aromatic rings. The molecule has 0 spiro atoms. The number of anilines is 1. The highest BCUT2D eigenvalue weighted by atomic mass is 32.1. The predicted octanol–water partition coefficient (Wildman–Crippen LogP) is 4.36. The highest BCUT2D eigenvalue weighted by molar-refractivity contribution is 7.14. The Morgan fingerprint density at radius 3 is 2.41 bits per heavy atom. The molecule has 0 unspecified atom stereocenters. The van der Waals surface area contributed by atoms with Gasteiger partial charge in [0.25, 0.3) is 5.91 Å². The Hall–Kier alpha value is -3.37. The van der Waals surface area contributed by atoms with E-state index in [2.05, 4.69) is 25.6 Å². The number of alkyl carbamates (subject to hydrolysis) is 1. The predicted molar refractivity (Wildman–Crippen MR) is 132 cm³/mol. The summed E-state index contributed by atoms with van der Waals surface area (Å²) in [5, 5.41) is 7.55. The van der Waals surface area contributed by atoms with Crippen LogP contribution in [0.15, 0.2) is 35.7 Å². The summed E-state index contributed by atoms with van der Waals surface area (Å²) in [6, 6.07) is 8.88. The van der Waals surface area contributed by atoms with Crippen LogP contribution in [0.25, 0.3) is 22.5 Å². The first-order valence-corrected chi connectivity index (χ1v) is 11.6. The molecule has 3 rings (SSSR count). The van der Waals surface area contributed by atoms with Crippen LogP contribution < -0.4 is 10.6 Å². The Labute approximate surface area is 203 Å². The molecule has 0 aliphatic carbocycles. The first-order valence-electron chi connectivity index (χ1n) is 10.7. The number of nitrogens with one attached hydrogen (secondary N) is 2. The topological polar surface area (TPSA) is 115 Å². The lowest BCUT2D eigenvalue weighted by atomic mass is 10.1. The summed E-state index contributed by atoms with van der Waals surface area (Å²) in [5.74, 6) is 0.263. The first-order chi connectivity index (χ1) is 16.0. The maximum Gasteiger partial charge on any atom is 0.408 e. The number of rotatable bonds is 7. The van der Waals surface area contributed by atoms with Gasteiger partial charge in [-0.15, -0.1) is 11.3 Å². The van der Waals surface area contributed by atoms with Crippen molar-refractivity contribution in [2.24, 2.45) is 0 Å². The average molecular weight is 484 g/mol. The van der Waals surface area contributed by atoms with Crippen molar-refractivity contribution in [3.63, 3.8) is 0 Å². The van der Waals surface area contributed by atoms with E-state index in [1.807, 2.05) is 49.6 Å². The highest BCUT2D eigenvalue weighted by Gasteiger charge is 2.25. The molecule has 10 heteroatoms. The zero-order valence-electron chi connectivity index (χ0n) is 20.1. The van der Waals surface area contributed by atoms with Gasteiger partial charge in [0.05, 0.1) is 18.0 Å². The molecule has 0 aliphatic heterocycles. The van der Waals surface area contributed by atoms with Gasteiger partial charge in [0.2, 0.25) is 0 Å². The molecule has 2 N–H and O–H groups in total. The normalized spacial score (nSPS) is 12.2. The van der Waals surface area contributed by atoms with Gasteiger partial charge in [-0.3, -0.25) is 4.79 Å². The van der Waals surface area contributed by atoms with Crippen LogP contribution in [0.2, 0.25) is 0 Å². The summed E-state index contributed by atoms with van der Waals surface area (Å²) < 4.78 is 10.3. The molecule has 0 fully saturated rings. The Balaban J connectivity index is 1.73. The monoisotopic (exact) mass is 483 g/mol. The Bertz CT molecular complexity index is 1150. The standard InChI is InChI=1S/C24H29N5O4S/c1-14-10-18(26-15(2)25-14)16-8-7-9-17(11-16)20-13-34-22(27-20)29-21(30)19(12-32-6)28-23(31)33-24(3,4)5/h7-11,13,19H,12H2,1-6H3,(H,28,31)(H,27,29,30)/t19-/m0/s1. The number of ether oxygens (including phenoxy) is 2. The molecule has 0 bridgehead atoms. The third-order valence-corrected chi connectivity index (χ3v) is 5.25. The number of carbonyl (C=O) groups is 2. The Morgan fingerprint density at radius 1 is 1.06 bits per heavy atom. The maximum absolute atomic E-state index is 12.7. The number of hydrogen-bond acceptors (Lipinski definition) is 8. The van der Waals surface area contributed by atoms with Crippen molar-refractivity contribution in [2.75, 3.05) is 19.0 Å². The van der Waals surface area contributed by atoms with Gasteiger partial charge >= 0.3 is 6.09 Å². The molecule has 2 aromatic heterocycles. The van der Waals surface area contributed by atoms with Gasteiger partial charge in [0, 0.05) is 29.3 Å². The number of amides is 2. The van der Waals surface area contributed by atoms with E-state index in [0.29, 0.717) is 16.6 Å². The lowest BCUT2D eigenvalue weighted by Crippen LogP contribution is -2.48. The first kappa shape index (κ1) is 25.3. The zero-order chi connectivity index (χ0) is 24.9. The SMILES string of the molecule is COC[C@H](NC(=O)OC(C)(C)C)C(=O)Nc1nc(-c2cccc(-c3cc(C)nc(C)n3)c2)cs1. The molecule has 9 nitrogen and oxygen atoms in total. The zero-order valence-corrected chi connectivity index (χ0v) is 20.9. The Kier molecular flexibility index (Phi) is 7.95. The van der Waals surface area contributed by atoms with E-state index in [-0.39, 0.29) is 6.61 Å². The van der Waals surface area contributed by atoms with Crippen LogP contribution in [0, 0.1) is 13.8 Å². The lowest BCUT2D eigenvalue weighted by Gasteiger charge is -2.22. The van der Waals surface area contributed by atoms with Gasteiger partial charge in [-0.2, -0.15) is 0 Å². The smallest absolute Gasteiger partial charge is 0.408 e. The minimum absolute atomic E-state index is 0.0108. The van der Waals surface area contributed by atoms with Crippen molar-refractivity contribution in [3.05, 3.63) is 47.2 Å². The van der Waals surface area contributed by atoms with Crippen LogP contribution in [0.1, 0.15) is 32.3 Å². The lowest BCUT2D eigenvalue weighted by molar-refractivity contribution is -0.119. The van der Waals surface area contributed by atoms with Crippen LogP contribution in [0.5, 0.6) is 0 Å². The number of aryl methyl sites for hydroxylation is 2. The fraction of sp³-hybridized carbons (Fsp3) is 0.375. The molecule has 0 aliphatic rings. The van der Waals surface area contributed by atoms with Gasteiger partial charge in [-0.1, -0.05) is 18.2 Å². The van der Waals surface area contributed by atoms with Gasteiger partial charge in [-0.05, 0) is 46.8 Å². The van der Waals surface area contributed by atoms with Crippen LogP contribution in [0.4, 0.5) is 9.93 Å². The summed E-state index contributed by atoms with van der Waals surface area (Å²) in [5.41, 5.74) is 3.62. The van der Waals surface area contributed by atoms with E-state index in [0.717, 1.165) is 22.5 Å². The number of hydrogen-bond donors (Lipinski definition) is 2. The second-order valence-corrected chi connectivity index (χ2v) is 9.56. The number of methoxy groups -OCH3 is 1. The fourth-order valence-electron chi connectivity index (χ4n) is 3.16. The largest absolute Gasteiger partial charge is 0.444 e. The van der Waals surface area contributed by atoms with Crippen molar-refractivity contribution >= 4 is 28.5 Å². The molecular weight excluding hydrogens is 454 g/mol. The van der Waals surface area contributed by atoms with Crippen molar-refractivity contribution in [2.45, 2.75) is 46.3 Å². The van der Waals surface area contributed by atoms with Crippen molar-refractivity contribution in [3.8, 4) is 22.5 Å². The summed E-state index contributed by atoms with van der Waals surface area (Å²) in [6.07, 6.45) is -0.698. The molecule has 34 heavy (non-hydrogen) atoms. The maximum atomic E-state index is 12.7. The summed E-state index contributed by atoms with van der Waals surface area (Å²) in [6.45, 7) is 9.03. The van der Waals surface area contributed by atoms with Crippen LogP contribution in [-0.4, -0.2) is 52.3 Å². The number of aromatic nitrogens is 3. The third kappa shape index (κ3) is 7.06. The van der Waals surface area contributed by atoms with E-state index in [4.69, 9.17) is 9.47 Å². The molecule has 2 heterocycles. The number of benzene rings is 1. The van der Waals surface area contributed by atoms with Crippen LogP contribution >= 0.6 is 11.3 Å². The van der Waals surface area contributed by atoms with Gasteiger partial charge in [-0.25, -0.2) is 19.7 Å². The summed E-state index contributed by atoms with van der Waals surface area (Å²) in [7, 11) is 1.45. The highest BCUT2D eigenvalue weighted by Crippen LogP contribution is 2.28.